The zero-order chi connectivity index (χ0) is 18.4. The molecule has 0 bridgehead atoms. The van der Waals surface area contributed by atoms with E-state index in [4.69, 9.17) is 9.15 Å². The van der Waals surface area contributed by atoms with E-state index in [-0.39, 0.29) is 11.5 Å². The Morgan fingerprint density at radius 3 is 2.92 bits per heavy atom. The number of benzene rings is 1. The van der Waals surface area contributed by atoms with Gasteiger partial charge in [-0.15, -0.1) is 0 Å². The molecule has 0 unspecified atom stereocenters. The maximum absolute atomic E-state index is 12.0. The summed E-state index contributed by atoms with van der Waals surface area (Å²) in [6.07, 6.45) is 4.85. The zero-order valence-corrected chi connectivity index (χ0v) is 15.3. The lowest BCUT2D eigenvalue weighted by Gasteiger charge is -2.20. The minimum atomic E-state index is -0.363. The summed E-state index contributed by atoms with van der Waals surface area (Å²) in [5.74, 6) is 0.941. The van der Waals surface area contributed by atoms with Crippen molar-refractivity contribution < 1.29 is 13.9 Å². The number of likely N-dealkylation sites (tertiary alicyclic amines) is 1. The molecule has 6 heteroatoms. The normalized spacial score (nSPS) is 15.3. The van der Waals surface area contributed by atoms with Crippen LogP contribution in [0.25, 0.3) is 11.0 Å². The molecule has 140 valence electrons. The van der Waals surface area contributed by atoms with Gasteiger partial charge in [-0.2, -0.15) is 0 Å². The number of amides is 1. The van der Waals surface area contributed by atoms with Gasteiger partial charge < -0.3 is 19.4 Å². The second-order valence-electron chi connectivity index (χ2n) is 6.67. The van der Waals surface area contributed by atoms with E-state index in [0.29, 0.717) is 24.3 Å². The molecule has 3 rings (SSSR count). The van der Waals surface area contributed by atoms with Gasteiger partial charge in [-0.25, -0.2) is 4.79 Å². The molecule has 6 nitrogen and oxygen atoms in total. The first-order valence-corrected chi connectivity index (χ1v) is 9.26. The third-order valence-corrected chi connectivity index (χ3v) is 4.81. The number of nitrogens with zero attached hydrogens (tertiary/aromatic N) is 1. The first kappa shape index (κ1) is 18.5. The molecule has 1 N–H and O–H groups in total. The molecular weight excluding hydrogens is 332 g/mol. The minimum Gasteiger partial charge on any atom is -0.497 e. The van der Waals surface area contributed by atoms with E-state index in [2.05, 4.69) is 5.32 Å². The van der Waals surface area contributed by atoms with Crippen LogP contribution in [0.4, 0.5) is 0 Å². The number of carbonyl (C=O) groups is 1. The van der Waals surface area contributed by atoms with Gasteiger partial charge in [0.25, 0.3) is 0 Å². The highest BCUT2D eigenvalue weighted by Gasteiger charge is 2.15. The molecule has 1 aromatic heterocycles. The molecule has 0 radical (unpaired) electrons. The molecule has 1 fully saturated rings. The predicted molar refractivity (Wildman–Crippen MR) is 100 cm³/mol. The Kier molecular flexibility index (Phi) is 6.28. The fourth-order valence-corrected chi connectivity index (χ4v) is 3.38. The monoisotopic (exact) mass is 358 g/mol. The second kappa shape index (κ2) is 8.85. The van der Waals surface area contributed by atoms with Gasteiger partial charge in [0.05, 0.1) is 7.11 Å². The summed E-state index contributed by atoms with van der Waals surface area (Å²) < 4.78 is 10.4. The highest BCUT2D eigenvalue weighted by Crippen LogP contribution is 2.22. The highest BCUT2D eigenvalue weighted by atomic mass is 16.5. The van der Waals surface area contributed by atoms with Gasteiger partial charge >= 0.3 is 5.63 Å². The summed E-state index contributed by atoms with van der Waals surface area (Å²) in [7, 11) is 1.58. The Bertz CT molecular complexity index is 815. The van der Waals surface area contributed by atoms with E-state index in [1.165, 1.54) is 6.07 Å². The summed E-state index contributed by atoms with van der Waals surface area (Å²) >= 11 is 0. The van der Waals surface area contributed by atoms with Crippen molar-refractivity contribution in [2.45, 2.75) is 38.6 Å². The van der Waals surface area contributed by atoms with Crippen LogP contribution in [0.15, 0.2) is 33.5 Å². The number of ether oxygens (including phenoxy) is 1. The molecule has 2 heterocycles. The van der Waals surface area contributed by atoms with Crippen molar-refractivity contribution in [3.63, 3.8) is 0 Å². The van der Waals surface area contributed by atoms with Gasteiger partial charge in [0.1, 0.15) is 11.3 Å². The Morgan fingerprint density at radius 2 is 2.08 bits per heavy atom. The fraction of sp³-hybridized carbons (Fsp3) is 0.500. The molecule has 26 heavy (non-hydrogen) atoms. The molecule has 0 aliphatic carbocycles. The highest BCUT2D eigenvalue weighted by molar-refractivity contribution is 5.81. The molecular formula is C20H26N2O4. The maximum Gasteiger partial charge on any atom is 0.336 e. The molecule has 1 aromatic carbocycles. The molecule has 1 amide bonds. The second-order valence-corrected chi connectivity index (χ2v) is 6.67. The minimum absolute atomic E-state index is 0.281. The van der Waals surface area contributed by atoms with Crippen molar-refractivity contribution in [1.82, 2.24) is 10.2 Å². The van der Waals surface area contributed by atoms with Crippen LogP contribution < -0.4 is 15.7 Å². The first-order valence-electron chi connectivity index (χ1n) is 9.26. The van der Waals surface area contributed by atoms with Crippen LogP contribution in [0.1, 0.15) is 37.7 Å². The molecule has 1 aliphatic heterocycles. The van der Waals surface area contributed by atoms with Gasteiger partial charge in [-0.3, -0.25) is 4.79 Å². The molecule has 0 atom stereocenters. The summed E-state index contributed by atoms with van der Waals surface area (Å²) in [6.45, 7) is 3.05. The van der Waals surface area contributed by atoms with Crippen molar-refractivity contribution in [1.29, 1.82) is 0 Å². The summed E-state index contributed by atoms with van der Waals surface area (Å²) in [4.78, 5) is 25.8. The van der Waals surface area contributed by atoms with Crippen LogP contribution in [0.2, 0.25) is 0 Å². The molecule has 0 saturated carbocycles. The smallest absolute Gasteiger partial charge is 0.336 e. The summed E-state index contributed by atoms with van der Waals surface area (Å²) in [5, 5.41) is 4.27. The summed E-state index contributed by atoms with van der Waals surface area (Å²) in [6, 6.07) is 7.02. The van der Waals surface area contributed by atoms with Crippen molar-refractivity contribution in [3.8, 4) is 5.75 Å². The Morgan fingerprint density at radius 1 is 1.19 bits per heavy atom. The van der Waals surface area contributed by atoms with Crippen molar-refractivity contribution in [2.24, 2.45) is 0 Å². The van der Waals surface area contributed by atoms with Gasteiger partial charge in [-0.05, 0) is 43.5 Å². The van der Waals surface area contributed by atoms with Crippen LogP contribution in [-0.2, 0) is 11.3 Å². The topological polar surface area (TPSA) is 71.8 Å². The van der Waals surface area contributed by atoms with Crippen molar-refractivity contribution in [3.05, 3.63) is 40.2 Å². The molecule has 1 aliphatic rings. The van der Waals surface area contributed by atoms with Crippen LogP contribution in [-0.4, -0.2) is 37.6 Å². The maximum atomic E-state index is 12.0. The number of rotatable bonds is 7. The lowest BCUT2D eigenvalue weighted by molar-refractivity contribution is -0.130. The zero-order valence-electron chi connectivity index (χ0n) is 15.3. The molecule has 1 saturated heterocycles. The quantitative estimate of drug-likeness (QED) is 0.609. The number of nitrogens with one attached hydrogen (secondary N) is 1. The number of hydrogen-bond acceptors (Lipinski definition) is 5. The van der Waals surface area contributed by atoms with E-state index in [0.717, 1.165) is 56.3 Å². The third-order valence-electron chi connectivity index (χ3n) is 4.81. The SMILES string of the molecule is COc1ccc2c(CNCCCN3CCCCCC3=O)cc(=O)oc2c1. The van der Waals surface area contributed by atoms with E-state index in [1.54, 1.807) is 13.2 Å². The number of fused-ring (bicyclic) bond motifs is 1. The van der Waals surface area contributed by atoms with Crippen molar-refractivity contribution >= 4 is 16.9 Å². The van der Waals surface area contributed by atoms with Gasteiger partial charge in [-0.1, -0.05) is 6.42 Å². The van der Waals surface area contributed by atoms with Crippen molar-refractivity contribution in [2.75, 3.05) is 26.7 Å². The predicted octanol–water partition coefficient (Wildman–Crippen LogP) is 2.68. The van der Waals surface area contributed by atoms with E-state index in [1.807, 2.05) is 17.0 Å². The Balaban J connectivity index is 1.54. The van der Waals surface area contributed by atoms with Crippen LogP contribution in [0.5, 0.6) is 5.75 Å². The third kappa shape index (κ3) is 4.64. The molecule has 0 spiro atoms. The standard InChI is InChI=1S/C20H26N2O4/c1-25-16-7-8-17-15(12-20(24)26-18(17)13-16)14-21-9-5-11-22-10-4-2-3-6-19(22)23/h7-8,12-13,21H,2-6,9-11,14H2,1H3. The van der Waals surface area contributed by atoms with Gasteiger partial charge in [0, 0.05) is 43.6 Å². The Labute approximate surface area is 153 Å². The summed E-state index contributed by atoms with van der Waals surface area (Å²) in [5.41, 5.74) is 1.08. The van der Waals surface area contributed by atoms with Crippen LogP contribution in [0.3, 0.4) is 0 Å². The number of hydrogen-bond donors (Lipinski definition) is 1. The number of carbonyl (C=O) groups excluding carboxylic acids is 1. The Hall–Kier alpha value is -2.34. The van der Waals surface area contributed by atoms with E-state index >= 15 is 0 Å². The largest absolute Gasteiger partial charge is 0.497 e. The fourth-order valence-electron chi connectivity index (χ4n) is 3.38. The lowest BCUT2D eigenvalue weighted by atomic mass is 10.1. The number of methoxy groups -OCH3 is 1. The van der Waals surface area contributed by atoms with Crippen LogP contribution in [0, 0.1) is 0 Å². The van der Waals surface area contributed by atoms with E-state index in [9.17, 15) is 9.59 Å². The molecule has 2 aromatic rings. The average molecular weight is 358 g/mol. The van der Waals surface area contributed by atoms with Gasteiger partial charge in [0.2, 0.25) is 5.91 Å². The lowest BCUT2D eigenvalue weighted by Crippen LogP contribution is -2.32. The van der Waals surface area contributed by atoms with Crippen LogP contribution >= 0.6 is 0 Å². The van der Waals surface area contributed by atoms with E-state index < -0.39 is 0 Å². The van der Waals surface area contributed by atoms with Gasteiger partial charge in [0.15, 0.2) is 0 Å². The first-order chi connectivity index (χ1) is 12.7. The average Bonchev–Trinajstić information content (AvgIpc) is 2.85.